The van der Waals surface area contributed by atoms with Crippen molar-refractivity contribution in [2.45, 2.75) is 32.8 Å². The molecule has 0 aliphatic heterocycles. The van der Waals surface area contributed by atoms with Gasteiger partial charge in [0.05, 0.1) is 6.10 Å². The van der Waals surface area contributed by atoms with Gasteiger partial charge in [0.15, 0.2) is 5.78 Å². The van der Waals surface area contributed by atoms with Crippen LogP contribution < -0.4 is 0 Å². The number of hydrogen-bond donors (Lipinski definition) is 0. The molecule has 0 fully saturated rings. The summed E-state index contributed by atoms with van der Waals surface area (Å²) in [5.74, 6) is 2.49. The zero-order valence-corrected chi connectivity index (χ0v) is 7.09. The number of Topliss-reactive ketones (excluding diaryl/α,β-unsaturated/α-hetero) is 1. The number of hydrogen-bond acceptors (Lipinski definition) is 2. The van der Waals surface area contributed by atoms with Gasteiger partial charge in [-0.3, -0.25) is 4.79 Å². The summed E-state index contributed by atoms with van der Waals surface area (Å²) in [5.41, 5.74) is 0. The Bertz CT molecular complexity index is 153. The Morgan fingerprint density at radius 3 is 2.73 bits per heavy atom. The van der Waals surface area contributed by atoms with E-state index in [0.29, 0.717) is 12.8 Å². The van der Waals surface area contributed by atoms with Gasteiger partial charge < -0.3 is 4.74 Å². The van der Waals surface area contributed by atoms with Crippen LogP contribution in [0.2, 0.25) is 0 Å². The molecule has 0 aromatic rings. The number of carbonyl (C=O) groups is 1. The summed E-state index contributed by atoms with van der Waals surface area (Å²) in [5, 5.41) is 0. The van der Waals surface area contributed by atoms with Crippen molar-refractivity contribution in [2.24, 2.45) is 0 Å². The minimum Gasteiger partial charge on any atom is -0.371 e. The SMILES string of the molecule is C#CCCC(=O)COC(C)C. The minimum absolute atomic E-state index is 0.0802. The second kappa shape index (κ2) is 5.94. The van der Waals surface area contributed by atoms with Crippen LogP contribution in [0.3, 0.4) is 0 Å². The van der Waals surface area contributed by atoms with Crippen LogP contribution in [0.5, 0.6) is 0 Å². The Hall–Kier alpha value is -0.810. The maximum Gasteiger partial charge on any atom is 0.159 e. The Kier molecular flexibility index (Phi) is 5.50. The molecular weight excluding hydrogens is 140 g/mol. The average Bonchev–Trinajstić information content (AvgIpc) is 1.97. The number of terminal acetylenes is 1. The Balaban J connectivity index is 3.32. The van der Waals surface area contributed by atoms with Gasteiger partial charge in [-0.05, 0) is 13.8 Å². The van der Waals surface area contributed by atoms with Gasteiger partial charge in [-0.1, -0.05) is 0 Å². The minimum atomic E-state index is 0.0802. The van der Waals surface area contributed by atoms with Crippen molar-refractivity contribution in [1.82, 2.24) is 0 Å². The van der Waals surface area contributed by atoms with Crippen LogP contribution in [0.4, 0.5) is 0 Å². The maximum atomic E-state index is 10.9. The lowest BCUT2D eigenvalue weighted by molar-refractivity contribution is -0.124. The molecule has 0 spiro atoms. The van der Waals surface area contributed by atoms with E-state index in [1.54, 1.807) is 0 Å². The summed E-state index contributed by atoms with van der Waals surface area (Å²) >= 11 is 0. The van der Waals surface area contributed by atoms with Crippen LogP contribution >= 0.6 is 0 Å². The third kappa shape index (κ3) is 7.08. The number of ether oxygens (including phenoxy) is 1. The molecule has 62 valence electrons. The molecule has 0 aliphatic carbocycles. The van der Waals surface area contributed by atoms with Gasteiger partial charge in [-0.15, -0.1) is 12.3 Å². The van der Waals surface area contributed by atoms with Crippen LogP contribution in [-0.2, 0) is 9.53 Å². The lowest BCUT2D eigenvalue weighted by atomic mass is 10.2. The average molecular weight is 154 g/mol. The molecule has 0 unspecified atom stereocenters. The highest BCUT2D eigenvalue weighted by Crippen LogP contribution is 1.93. The number of carbonyl (C=O) groups excluding carboxylic acids is 1. The monoisotopic (exact) mass is 154 g/mol. The van der Waals surface area contributed by atoms with E-state index in [4.69, 9.17) is 11.2 Å². The van der Waals surface area contributed by atoms with Gasteiger partial charge in [0.25, 0.3) is 0 Å². The predicted molar refractivity (Wildman–Crippen MR) is 44.2 cm³/mol. The maximum absolute atomic E-state index is 10.9. The lowest BCUT2D eigenvalue weighted by Crippen LogP contribution is -2.12. The van der Waals surface area contributed by atoms with Crippen molar-refractivity contribution >= 4 is 5.78 Å². The third-order valence-electron chi connectivity index (χ3n) is 1.13. The topological polar surface area (TPSA) is 26.3 Å². The molecule has 0 amide bonds. The molecule has 0 aromatic heterocycles. The highest BCUT2D eigenvalue weighted by molar-refractivity contribution is 5.79. The number of rotatable bonds is 5. The van der Waals surface area contributed by atoms with Crippen LogP contribution in [-0.4, -0.2) is 18.5 Å². The zero-order chi connectivity index (χ0) is 8.69. The van der Waals surface area contributed by atoms with Crippen molar-refractivity contribution in [1.29, 1.82) is 0 Å². The summed E-state index contributed by atoms with van der Waals surface area (Å²) in [4.78, 5) is 10.9. The van der Waals surface area contributed by atoms with Crippen molar-refractivity contribution < 1.29 is 9.53 Å². The van der Waals surface area contributed by atoms with Crippen LogP contribution in [0.15, 0.2) is 0 Å². The molecule has 0 heterocycles. The molecule has 0 aliphatic rings. The molecule has 0 rings (SSSR count). The second-order valence-corrected chi connectivity index (χ2v) is 2.60. The Morgan fingerprint density at radius 1 is 1.64 bits per heavy atom. The summed E-state index contributed by atoms with van der Waals surface area (Å²) < 4.78 is 5.08. The van der Waals surface area contributed by atoms with E-state index in [1.165, 1.54) is 0 Å². The molecule has 2 heteroatoms. The first-order valence-corrected chi connectivity index (χ1v) is 3.73. The van der Waals surface area contributed by atoms with Crippen LogP contribution in [0.25, 0.3) is 0 Å². The summed E-state index contributed by atoms with van der Waals surface area (Å²) in [6, 6.07) is 0. The first-order chi connectivity index (χ1) is 5.16. The summed E-state index contributed by atoms with van der Waals surface area (Å²) in [6.45, 7) is 3.99. The largest absolute Gasteiger partial charge is 0.371 e. The number of ketones is 1. The first kappa shape index (κ1) is 10.2. The van der Waals surface area contributed by atoms with Gasteiger partial charge in [-0.2, -0.15) is 0 Å². The third-order valence-corrected chi connectivity index (χ3v) is 1.13. The lowest BCUT2D eigenvalue weighted by Gasteiger charge is -2.04. The Labute approximate surface area is 67.9 Å². The molecule has 11 heavy (non-hydrogen) atoms. The predicted octanol–water partition coefficient (Wildman–Crippen LogP) is 1.39. The van der Waals surface area contributed by atoms with E-state index in [0.717, 1.165) is 0 Å². The highest BCUT2D eigenvalue weighted by atomic mass is 16.5. The van der Waals surface area contributed by atoms with Gasteiger partial charge in [0.2, 0.25) is 0 Å². The fourth-order valence-electron chi connectivity index (χ4n) is 0.543. The molecule has 0 saturated heterocycles. The standard InChI is InChI=1S/C9H14O2/c1-4-5-6-9(10)7-11-8(2)3/h1,8H,5-7H2,2-3H3. The smallest absolute Gasteiger partial charge is 0.159 e. The van der Waals surface area contributed by atoms with E-state index in [-0.39, 0.29) is 18.5 Å². The second-order valence-electron chi connectivity index (χ2n) is 2.60. The molecule has 0 saturated carbocycles. The molecule has 2 nitrogen and oxygen atoms in total. The fraction of sp³-hybridized carbons (Fsp3) is 0.667. The summed E-state index contributed by atoms with van der Waals surface area (Å²) in [6.07, 6.45) is 6.05. The van der Waals surface area contributed by atoms with Crippen molar-refractivity contribution in [3.63, 3.8) is 0 Å². The first-order valence-electron chi connectivity index (χ1n) is 3.73. The highest BCUT2D eigenvalue weighted by Gasteiger charge is 2.01. The van der Waals surface area contributed by atoms with Crippen molar-refractivity contribution in [3.8, 4) is 12.3 Å². The quantitative estimate of drug-likeness (QED) is 0.559. The van der Waals surface area contributed by atoms with Gasteiger partial charge in [0, 0.05) is 12.8 Å². The molecular formula is C9H14O2. The normalized spacial score (nSPS) is 9.64. The summed E-state index contributed by atoms with van der Waals surface area (Å²) in [7, 11) is 0. The fourth-order valence-corrected chi connectivity index (χ4v) is 0.543. The molecule has 0 atom stereocenters. The van der Waals surface area contributed by atoms with E-state index in [2.05, 4.69) is 5.92 Å². The van der Waals surface area contributed by atoms with Gasteiger partial charge in [-0.25, -0.2) is 0 Å². The molecule has 0 aromatic carbocycles. The van der Waals surface area contributed by atoms with E-state index >= 15 is 0 Å². The van der Waals surface area contributed by atoms with E-state index < -0.39 is 0 Å². The molecule has 0 radical (unpaired) electrons. The van der Waals surface area contributed by atoms with E-state index in [1.807, 2.05) is 13.8 Å². The van der Waals surface area contributed by atoms with Crippen LogP contribution in [0, 0.1) is 12.3 Å². The van der Waals surface area contributed by atoms with Crippen molar-refractivity contribution in [3.05, 3.63) is 0 Å². The van der Waals surface area contributed by atoms with Crippen molar-refractivity contribution in [2.75, 3.05) is 6.61 Å². The molecule has 0 bridgehead atoms. The Morgan fingerprint density at radius 2 is 2.27 bits per heavy atom. The van der Waals surface area contributed by atoms with Gasteiger partial charge in [0.1, 0.15) is 6.61 Å². The molecule has 0 N–H and O–H groups in total. The zero-order valence-electron chi connectivity index (χ0n) is 7.09. The van der Waals surface area contributed by atoms with Crippen LogP contribution in [0.1, 0.15) is 26.7 Å². The van der Waals surface area contributed by atoms with E-state index in [9.17, 15) is 4.79 Å². The van der Waals surface area contributed by atoms with Gasteiger partial charge >= 0.3 is 0 Å².